The van der Waals surface area contributed by atoms with Crippen LogP contribution in [0.15, 0.2) is 59.2 Å². The van der Waals surface area contributed by atoms with Crippen molar-refractivity contribution in [1.29, 1.82) is 0 Å². The second kappa shape index (κ2) is 7.12. The summed E-state index contributed by atoms with van der Waals surface area (Å²) >= 11 is 0. The van der Waals surface area contributed by atoms with E-state index in [1.165, 1.54) is 12.1 Å². The van der Waals surface area contributed by atoms with E-state index in [2.05, 4.69) is 10.2 Å². The number of H-pyrrole nitrogens is 1. The highest BCUT2D eigenvalue weighted by atomic mass is 19.1. The molecule has 0 aliphatic carbocycles. The van der Waals surface area contributed by atoms with Gasteiger partial charge in [0.05, 0.1) is 18.8 Å². The van der Waals surface area contributed by atoms with Crippen molar-refractivity contribution >= 4 is 5.91 Å². The van der Waals surface area contributed by atoms with Crippen LogP contribution in [-0.4, -0.2) is 26.1 Å². The monoisotopic (exact) mass is 417 g/mol. The molecule has 0 radical (unpaired) electrons. The van der Waals surface area contributed by atoms with E-state index in [0.29, 0.717) is 28.3 Å². The molecule has 1 amide bonds. The molecule has 4 aromatic rings. The number of fused-ring (bicyclic) bond motifs is 1. The average Bonchev–Trinajstić information content (AvgIpc) is 3.43. The van der Waals surface area contributed by atoms with E-state index in [-0.39, 0.29) is 24.0 Å². The third kappa shape index (κ3) is 3.09. The Bertz CT molecular complexity index is 1250. The van der Waals surface area contributed by atoms with Crippen LogP contribution in [0, 0.1) is 19.7 Å². The van der Waals surface area contributed by atoms with E-state index in [4.69, 9.17) is 4.42 Å². The summed E-state index contributed by atoms with van der Waals surface area (Å²) in [7, 11) is 0. The molecule has 5 rings (SSSR count). The van der Waals surface area contributed by atoms with Gasteiger partial charge in [0.1, 0.15) is 28.7 Å². The number of carbonyl (C=O) groups is 1. The number of benzene rings is 2. The molecule has 1 aliphatic rings. The van der Waals surface area contributed by atoms with E-state index in [1.54, 1.807) is 41.5 Å². The lowest BCUT2D eigenvalue weighted by Crippen LogP contribution is -2.29. The quantitative estimate of drug-likeness (QED) is 0.496. The topological polar surface area (TPSA) is 82.4 Å². The number of aromatic amines is 1. The Labute approximate surface area is 177 Å². The zero-order chi connectivity index (χ0) is 21.7. The van der Waals surface area contributed by atoms with Crippen molar-refractivity contribution in [2.24, 2.45) is 0 Å². The molecule has 0 unspecified atom stereocenters. The van der Waals surface area contributed by atoms with Gasteiger partial charge in [-0.15, -0.1) is 0 Å². The van der Waals surface area contributed by atoms with E-state index in [9.17, 15) is 14.3 Å². The van der Waals surface area contributed by atoms with Gasteiger partial charge >= 0.3 is 0 Å². The lowest BCUT2D eigenvalue weighted by atomic mass is 9.93. The summed E-state index contributed by atoms with van der Waals surface area (Å²) in [5.41, 5.74) is 4.61. The molecule has 31 heavy (non-hydrogen) atoms. The fourth-order valence-electron chi connectivity index (χ4n) is 4.37. The summed E-state index contributed by atoms with van der Waals surface area (Å²) in [5, 5.41) is 18.0. The highest BCUT2D eigenvalue weighted by molar-refractivity contribution is 6.00. The molecule has 2 aromatic carbocycles. The first-order valence-electron chi connectivity index (χ1n) is 9.91. The summed E-state index contributed by atoms with van der Waals surface area (Å²) in [5.74, 6) is 0.144. The summed E-state index contributed by atoms with van der Waals surface area (Å²) in [6.45, 7) is 4.05. The smallest absolute Gasteiger partial charge is 0.273 e. The third-order valence-corrected chi connectivity index (χ3v) is 5.65. The molecule has 156 valence electrons. The number of amides is 1. The zero-order valence-electron chi connectivity index (χ0n) is 17.0. The molecule has 7 heteroatoms. The minimum atomic E-state index is -0.512. The number of carbonyl (C=O) groups excluding carboxylic acids is 1. The van der Waals surface area contributed by atoms with Crippen molar-refractivity contribution in [1.82, 2.24) is 15.1 Å². The Morgan fingerprint density at radius 3 is 2.65 bits per heavy atom. The molecule has 1 atom stereocenters. The molecule has 0 fully saturated rings. The minimum absolute atomic E-state index is 0.0987. The van der Waals surface area contributed by atoms with Crippen LogP contribution in [-0.2, 0) is 6.54 Å². The summed E-state index contributed by atoms with van der Waals surface area (Å²) in [6, 6.07) is 12.8. The van der Waals surface area contributed by atoms with Crippen molar-refractivity contribution in [3.05, 3.63) is 94.3 Å². The molecule has 1 aliphatic heterocycles. The molecule has 2 N–H and O–H groups in total. The number of phenols is 1. The number of phenolic OH excluding ortho intramolecular Hbond substituents is 1. The first-order valence-corrected chi connectivity index (χ1v) is 9.91. The normalized spacial score (nSPS) is 15.5. The Hall–Kier alpha value is -3.87. The number of aryl methyl sites for hydroxylation is 2. The lowest BCUT2D eigenvalue weighted by molar-refractivity contribution is 0.0717. The van der Waals surface area contributed by atoms with Gasteiger partial charge in [0, 0.05) is 11.1 Å². The number of nitrogens with zero attached hydrogens (tertiary/aromatic N) is 2. The van der Waals surface area contributed by atoms with E-state index < -0.39 is 6.04 Å². The number of aromatic hydroxyl groups is 1. The average molecular weight is 417 g/mol. The number of hydrogen-bond acceptors (Lipinski definition) is 4. The molecule has 2 aromatic heterocycles. The summed E-state index contributed by atoms with van der Waals surface area (Å²) in [4.78, 5) is 15.0. The van der Waals surface area contributed by atoms with Crippen LogP contribution in [0.2, 0.25) is 0 Å². The Kier molecular flexibility index (Phi) is 4.39. The minimum Gasteiger partial charge on any atom is -0.507 e. The van der Waals surface area contributed by atoms with Crippen LogP contribution in [0.25, 0.3) is 11.3 Å². The Morgan fingerprint density at radius 2 is 1.97 bits per heavy atom. The van der Waals surface area contributed by atoms with Crippen LogP contribution in [0.5, 0.6) is 5.75 Å². The number of aromatic nitrogens is 2. The number of hydrogen-bond donors (Lipinski definition) is 2. The van der Waals surface area contributed by atoms with Crippen molar-refractivity contribution in [2.45, 2.75) is 26.4 Å². The van der Waals surface area contributed by atoms with Gasteiger partial charge in [-0.2, -0.15) is 5.10 Å². The van der Waals surface area contributed by atoms with Crippen molar-refractivity contribution in [3.8, 4) is 17.0 Å². The lowest BCUT2D eigenvalue weighted by Gasteiger charge is -2.25. The van der Waals surface area contributed by atoms with Crippen molar-refractivity contribution < 1.29 is 18.7 Å². The second-order valence-electron chi connectivity index (χ2n) is 7.80. The fraction of sp³-hybridized carbons (Fsp3) is 0.167. The van der Waals surface area contributed by atoms with Crippen molar-refractivity contribution in [2.75, 3.05) is 0 Å². The number of nitrogens with one attached hydrogen (secondary N) is 1. The van der Waals surface area contributed by atoms with Gasteiger partial charge in [-0.25, -0.2) is 4.39 Å². The molecule has 6 nitrogen and oxygen atoms in total. The van der Waals surface area contributed by atoms with Crippen LogP contribution >= 0.6 is 0 Å². The Morgan fingerprint density at radius 1 is 1.19 bits per heavy atom. The maximum atomic E-state index is 13.6. The van der Waals surface area contributed by atoms with E-state index in [1.807, 2.05) is 19.9 Å². The molecular formula is C24H20FN3O3. The van der Waals surface area contributed by atoms with Gasteiger partial charge in [-0.3, -0.25) is 9.89 Å². The molecule has 3 heterocycles. The predicted octanol–water partition coefficient (Wildman–Crippen LogP) is 4.88. The zero-order valence-corrected chi connectivity index (χ0v) is 17.0. The predicted molar refractivity (Wildman–Crippen MR) is 112 cm³/mol. The van der Waals surface area contributed by atoms with Gasteiger partial charge in [0.15, 0.2) is 0 Å². The molecule has 0 saturated carbocycles. The van der Waals surface area contributed by atoms with Crippen LogP contribution in [0.1, 0.15) is 44.5 Å². The SMILES string of the molecule is Cc1cc(C)c(-c2n[nH]c3c2[C@@H](c2ccc(F)cc2)N(Cc2ccco2)C3=O)c(O)c1. The highest BCUT2D eigenvalue weighted by Crippen LogP contribution is 2.46. The largest absolute Gasteiger partial charge is 0.507 e. The maximum Gasteiger partial charge on any atom is 0.273 e. The first kappa shape index (κ1) is 19.1. The first-order chi connectivity index (χ1) is 14.9. The molecule has 0 saturated heterocycles. The number of halogens is 1. The molecule has 0 spiro atoms. The number of furan rings is 1. The molecular weight excluding hydrogens is 397 g/mol. The van der Waals surface area contributed by atoms with Gasteiger partial charge in [0.2, 0.25) is 0 Å². The summed E-state index contributed by atoms with van der Waals surface area (Å²) < 4.78 is 19.1. The highest BCUT2D eigenvalue weighted by Gasteiger charge is 2.43. The van der Waals surface area contributed by atoms with Crippen LogP contribution in [0.3, 0.4) is 0 Å². The van der Waals surface area contributed by atoms with Gasteiger partial charge in [-0.1, -0.05) is 18.2 Å². The van der Waals surface area contributed by atoms with Crippen LogP contribution < -0.4 is 0 Å². The number of rotatable bonds is 4. The van der Waals surface area contributed by atoms with Crippen molar-refractivity contribution in [3.63, 3.8) is 0 Å². The van der Waals surface area contributed by atoms with Gasteiger partial charge in [-0.05, 0) is 60.9 Å². The summed E-state index contributed by atoms with van der Waals surface area (Å²) in [6.07, 6.45) is 1.56. The van der Waals surface area contributed by atoms with Gasteiger partial charge in [0.25, 0.3) is 5.91 Å². The second-order valence-corrected chi connectivity index (χ2v) is 7.80. The fourth-order valence-corrected chi connectivity index (χ4v) is 4.37. The standard InChI is InChI=1S/C24H20FN3O3/c1-13-10-14(2)19(18(29)11-13)21-20-22(27-26-21)24(30)28(12-17-4-3-9-31-17)23(20)15-5-7-16(25)8-6-15/h3-11,23,29H,12H2,1-2H3,(H,26,27)/t23-/m1/s1. The van der Waals surface area contributed by atoms with Crippen LogP contribution in [0.4, 0.5) is 4.39 Å². The van der Waals surface area contributed by atoms with E-state index in [0.717, 1.165) is 16.7 Å². The Balaban J connectivity index is 1.70. The van der Waals surface area contributed by atoms with Gasteiger partial charge < -0.3 is 14.4 Å². The van der Waals surface area contributed by atoms with E-state index >= 15 is 0 Å². The molecule has 0 bridgehead atoms. The maximum absolute atomic E-state index is 13.6. The third-order valence-electron chi connectivity index (χ3n) is 5.65.